The Bertz CT molecular complexity index is 389. The first kappa shape index (κ1) is 12.6. The van der Waals surface area contributed by atoms with E-state index in [-0.39, 0.29) is 18.0 Å². The molecule has 3 N–H and O–H groups in total. The third kappa shape index (κ3) is 2.87. The van der Waals surface area contributed by atoms with Gasteiger partial charge in [-0.1, -0.05) is 13.3 Å². The lowest BCUT2D eigenvalue weighted by Gasteiger charge is -2.25. The fraction of sp³-hybridized carbons (Fsp3) is 0.615. The molecule has 17 heavy (non-hydrogen) atoms. The van der Waals surface area contributed by atoms with Crippen LogP contribution in [0.25, 0.3) is 0 Å². The van der Waals surface area contributed by atoms with Gasteiger partial charge in [0.25, 0.3) is 0 Å². The monoisotopic (exact) mass is 252 g/mol. The molecule has 1 aliphatic carbocycles. The third-order valence-electron chi connectivity index (χ3n) is 3.30. The molecule has 0 spiro atoms. The quantitative estimate of drug-likeness (QED) is 0.864. The van der Waals surface area contributed by atoms with Gasteiger partial charge < -0.3 is 11.1 Å². The summed E-state index contributed by atoms with van der Waals surface area (Å²) in [5, 5.41) is 5.20. The van der Waals surface area contributed by atoms with Crippen molar-refractivity contribution >= 4 is 17.2 Å². The van der Waals surface area contributed by atoms with E-state index in [2.05, 4.69) is 16.8 Å². The summed E-state index contributed by atoms with van der Waals surface area (Å²) in [5.74, 6) is -0.00380. The van der Waals surface area contributed by atoms with Gasteiger partial charge in [-0.25, -0.2) is 0 Å². The highest BCUT2D eigenvalue weighted by Crippen LogP contribution is 2.33. The van der Waals surface area contributed by atoms with Crippen molar-refractivity contribution < 1.29 is 4.79 Å². The molecule has 1 amide bonds. The predicted molar refractivity (Wildman–Crippen MR) is 71.0 cm³/mol. The number of hydrogen-bond acceptors (Lipinski definition) is 3. The van der Waals surface area contributed by atoms with E-state index in [1.54, 1.807) is 11.3 Å². The van der Waals surface area contributed by atoms with Crippen LogP contribution in [-0.4, -0.2) is 11.9 Å². The van der Waals surface area contributed by atoms with Gasteiger partial charge in [0.05, 0.1) is 12.1 Å². The summed E-state index contributed by atoms with van der Waals surface area (Å²) in [6, 6.07) is 1.96. The molecule has 0 aliphatic heterocycles. The normalized spacial score (nSPS) is 20.7. The molecule has 1 aromatic rings. The van der Waals surface area contributed by atoms with Crippen molar-refractivity contribution in [1.29, 1.82) is 0 Å². The van der Waals surface area contributed by atoms with Gasteiger partial charge in [0.1, 0.15) is 0 Å². The molecule has 0 aromatic carbocycles. The summed E-state index contributed by atoms with van der Waals surface area (Å²) >= 11 is 1.79. The Morgan fingerprint density at radius 1 is 1.71 bits per heavy atom. The van der Waals surface area contributed by atoms with E-state index in [0.29, 0.717) is 0 Å². The molecular weight excluding hydrogens is 232 g/mol. The second kappa shape index (κ2) is 5.65. The van der Waals surface area contributed by atoms with Crippen LogP contribution in [0.4, 0.5) is 0 Å². The van der Waals surface area contributed by atoms with E-state index >= 15 is 0 Å². The van der Waals surface area contributed by atoms with Gasteiger partial charge in [0.2, 0.25) is 5.91 Å². The van der Waals surface area contributed by atoms with E-state index in [1.807, 2.05) is 6.92 Å². The second-order valence-electron chi connectivity index (χ2n) is 4.65. The number of amides is 1. The van der Waals surface area contributed by atoms with Crippen LogP contribution in [0.5, 0.6) is 0 Å². The highest BCUT2D eigenvalue weighted by atomic mass is 32.1. The number of aryl methyl sites for hydroxylation is 1. The fourth-order valence-corrected chi connectivity index (χ4v) is 3.34. The Hall–Kier alpha value is -0.870. The largest absolute Gasteiger partial charge is 0.348 e. The topological polar surface area (TPSA) is 55.1 Å². The summed E-state index contributed by atoms with van der Waals surface area (Å²) in [5.41, 5.74) is 7.13. The molecule has 2 atom stereocenters. The lowest BCUT2D eigenvalue weighted by molar-refractivity contribution is -0.123. The van der Waals surface area contributed by atoms with Crippen molar-refractivity contribution in [3.63, 3.8) is 0 Å². The van der Waals surface area contributed by atoms with E-state index in [9.17, 15) is 4.79 Å². The molecule has 1 aromatic heterocycles. The summed E-state index contributed by atoms with van der Waals surface area (Å²) in [7, 11) is 0. The van der Waals surface area contributed by atoms with Crippen LogP contribution in [-0.2, 0) is 11.2 Å². The standard InChI is InChI=1S/C13H20N2OS/c1-2-4-10(14)13(16)15-11-5-3-6-12-9(11)7-8-17-12/h7-8,10-11H,2-6,14H2,1H3,(H,15,16)/t10-,11?/m1/s1. The molecule has 2 rings (SSSR count). The van der Waals surface area contributed by atoms with Crippen LogP contribution in [0.15, 0.2) is 11.4 Å². The summed E-state index contributed by atoms with van der Waals surface area (Å²) in [4.78, 5) is 13.3. The molecule has 94 valence electrons. The van der Waals surface area contributed by atoms with Crippen molar-refractivity contribution in [3.8, 4) is 0 Å². The van der Waals surface area contributed by atoms with Crippen molar-refractivity contribution in [3.05, 3.63) is 21.9 Å². The van der Waals surface area contributed by atoms with Gasteiger partial charge in [0, 0.05) is 4.88 Å². The van der Waals surface area contributed by atoms with Gasteiger partial charge >= 0.3 is 0 Å². The number of carbonyl (C=O) groups excluding carboxylic acids is 1. The molecule has 0 bridgehead atoms. The van der Waals surface area contributed by atoms with Crippen molar-refractivity contribution in [1.82, 2.24) is 5.32 Å². The van der Waals surface area contributed by atoms with Gasteiger partial charge in [-0.2, -0.15) is 0 Å². The minimum absolute atomic E-state index is 0.00380. The van der Waals surface area contributed by atoms with Gasteiger partial charge in [-0.05, 0) is 42.7 Å². The number of thiophene rings is 1. The predicted octanol–water partition coefficient (Wildman–Crippen LogP) is 2.37. The molecule has 0 saturated carbocycles. The molecule has 0 fully saturated rings. The number of nitrogens with two attached hydrogens (primary N) is 1. The molecule has 0 radical (unpaired) electrons. The Kier molecular flexibility index (Phi) is 4.18. The maximum absolute atomic E-state index is 11.9. The Morgan fingerprint density at radius 2 is 2.53 bits per heavy atom. The van der Waals surface area contributed by atoms with Gasteiger partial charge in [0.15, 0.2) is 0 Å². The maximum Gasteiger partial charge on any atom is 0.237 e. The van der Waals surface area contributed by atoms with Crippen molar-refractivity contribution in [2.24, 2.45) is 5.73 Å². The first-order valence-corrected chi connectivity index (χ1v) is 7.22. The zero-order valence-electron chi connectivity index (χ0n) is 10.2. The highest BCUT2D eigenvalue weighted by molar-refractivity contribution is 7.10. The van der Waals surface area contributed by atoms with Gasteiger partial charge in [-0.3, -0.25) is 4.79 Å². The minimum atomic E-state index is -0.357. The Balaban J connectivity index is 1.99. The zero-order chi connectivity index (χ0) is 12.3. The third-order valence-corrected chi connectivity index (χ3v) is 4.30. The van der Waals surface area contributed by atoms with Crippen LogP contribution in [0.2, 0.25) is 0 Å². The molecule has 1 aliphatic rings. The number of hydrogen-bond donors (Lipinski definition) is 2. The number of carbonyl (C=O) groups is 1. The van der Waals surface area contributed by atoms with Crippen LogP contribution in [0.1, 0.15) is 49.1 Å². The van der Waals surface area contributed by atoms with Gasteiger partial charge in [-0.15, -0.1) is 11.3 Å². The fourth-order valence-electron chi connectivity index (χ4n) is 2.36. The Labute approximate surface area is 106 Å². The number of rotatable bonds is 4. The Morgan fingerprint density at radius 3 is 3.29 bits per heavy atom. The smallest absolute Gasteiger partial charge is 0.237 e. The molecular formula is C13H20N2OS. The zero-order valence-corrected chi connectivity index (χ0v) is 11.1. The van der Waals surface area contributed by atoms with Crippen LogP contribution < -0.4 is 11.1 Å². The summed E-state index contributed by atoms with van der Waals surface area (Å²) in [6.07, 6.45) is 5.05. The molecule has 1 heterocycles. The summed E-state index contributed by atoms with van der Waals surface area (Å²) in [6.45, 7) is 2.05. The number of nitrogens with one attached hydrogen (secondary N) is 1. The average molecular weight is 252 g/mol. The van der Waals surface area contributed by atoms with Crippen molar-refractivity contribution in [2.75, 3.05) is 0 Å². The lowest BCUT2D eigenvalue weighted by atomic mass is 9.93. The van der Waals surface area contributed by atoms with E-state index in [4.69, 9.17) is 5.73 Å². The summed E-state index contributed by atoms with van der Waals surface area (Å²) < 4.78 is 0. The molecule has 4 heteroatoms. The van der Waals surface area contributed by atoms with Crippen molar-refractivity contribution in [2.45, 2.75) is 51.1 Å². The number of fused-ring (bicyclic) bond motifs is 1. The van der Waals surface area contributed by atoms with E-state index < -0.39 is 0 Å². The lowest BCUT2D eigenvalue weighted by Crippen LogP contribution is -2.42. The van der Waals surface area contributed by atoms with E-state index in [0.717, 1.165) is 32.1 Å². The highest BCUT2D eigenvalue weighted by Gasteiger charge is 2.24. The first-order chi connectivity index (χ1) is 8.22. The van der Waals surface area contributed by atoms with Crippen LogP contribution in [0, 0.1) is 0 Å². The maximum atomic E-state index is 11.9. The first-order valence-electron chi connectivity index (χ1n) is 6.34. The van der Waals surface area contributed by atoms with Crippen LogP contribution >= 0.6 is 11.3 Å². The second-order valence-corrected chi connectivity index (χ2v) is 5.65. The molecule has 0 saturated heterocycles. The average Bonchev–Trinajstić information content (AvgIpc) is 2.78. The SMILES string of the molecule is CCC[C@@H](N)C(=O)NC1CCCc2sccc21. The van der Waals surface area contributed by atoms with Crippen LogP contribution in [0.3, 0.4) is 0 Å². The minimum Gasteiger partial charge on any atom is -0.348 e. The van der Waals surface area contributed by atoms with E-state index in [1.165, 1.54) is 10.4 Å². The molecule has 1 unspecified atom stereocenters. The molecule has 3 nitrogen and oxygen atoms in total.